The number of nitrogens with one attached hydrogen (secondary N) is 1. The Hall–Kier alpha value is -1.43. The summed E-state index contributed by atoms with van der Waals surface area (Å²) in [7, 11) is 0. The molecule has 0 rings (SSSR count). The SMILES string of the molecule is CCCCCCCCCCCCCCCCCCCC/C=C\CCCCCCCCCCCCCCCCCCC(O)C(=O)NC(CO)C(O)/C=C/CC/C=C/CCCCCCCCCCCCCCCCCCCCC. The molecule has 0 fully saturated rings. The minimum Gasteiger partial charge on any atom is -0.394 e. The van der Waals surface area contributed by atoms with Gasteiger partial charge in [-0.05, 0) is 57.8 Å². The van der Waals surface area contributed by atoms with Gasteiger partial charge in [-0.2, -0.15) is 0 Å². The topological polar surface area (TPSA) is 89.8 Å². The summed E-state index contributed by atoms with van der Waals surface area (Å²) in [6.07, 6.45) is 90.2. The molecule has 0 saturated heterocycles. The van der Waals surface area contributed by atoms with Crippen molar-refractivity contribution in [2.75, 3.05) is 6.61 Å². The van der Waals surface area contributed by atoms with Gasteiger partial charge in [-0.1, -0.05) is 371 Å². The number of rotatable bonds is 66. The molecule has 0 radical (unpaired) electrons. The van der Waals surface area contributed by atoms with E-state index >= 15 is 0 Å². The summed E-state index contributed by atoms with van der Waals surface area (Å²) in [6, 6.07) is -0.816. The summed E-state index contributed by atoms with van der Waals surface area (Å²) in [4.78, 5) is 12.6. The molecule has 0 aromatic rings. The van der Waals surface area contributed by atoms with E-state index in [0.29, 0.717) is 6.42 Å². The highest BCUT2D eigenvalue weighted by molar-refractivity contribution is 5.80. The molecular formula is C72H139NO4. The number of hydrogen-bond acceptors (Lipinski definition) is 4. The maximum absolute atomic E-state index is 12.6. The number of carbonyl (C=O) groups excluding carboxylic acids is 1. The van der Waals surface area contributed by atoms with Crippen LogP contribution >= 0.6 is 0 Å². The summed E-state index contributed by atoms with van der Waals surface area (Å²) < 4.78 is 0. The first-order valence-electron chi connectivity index (χ1n) is 35.3. The van der Waals surface area contributed by atoms with E-state index in [1.54, 1.807) is 6.08 Å². The highest BCUT2D eigenvalue weighted by Crippen LogP contribution is 2.19. The monoisotopic (exact) mass is 1080 g/mol. The first-order valence-corrected chi connectivity index (χ1v) is 35.3. The molecule has 0 aliphatic carbocycles. The molecule has 0 aromatic heterocycles. The van der Waals surface area contributed by atoms with Crippen LogP contribution in [0.4, 0.5) is 0 Å². The molecule has 0 spiro atoms. The lowest BCUT2D eigenvalue weighted by Crippen LogP contribution is -2.48. The minimum atomic E-state index is -1.11. The molecule has 0 aromatic carbocycles. The summed E-state index contributed by atoms with van der Waals surface area (Å²) >= 11 is 0. The van der Waals surface area contributed by atoms with Gasteiger partial charge in [0.15, 0.2) is 0 Å². The molecule has 4 N–H and O–H groups in total. The van der Waals surface area contributed by atoms with E-state index < -0.39 is 24.2 Å². The second-order valence-electron chi connectivity index (χ2n) is 24.4. The van der Waals surface area contributed by atoms with Gasteiger partial charge in [-0.15, -0.1) is 0 Å². The molecule has 3 unspecified atom stereocenters. The van der Waals surface area contributed by atoms with Crippen molar-refractivity contribution < 1.29 is 20.1 Å². The largest absolute Gasteiger partial charge is 0.394 e. The predicted molar refractivity (Wildman–Crippen MR) is 342 cm³/mol. The summed E-state index contributed by atoms with van der Waals surface area (Å²) in [5.41, 5.74) is 0. The molecule has 456 valence electrons. The van der Waals surface area contributed by atoms with Crippen LogP contribution in [0.2, 0.25) is 0 Å². The van der Waals surface area contributed by atoms with Crippen molar-refractivity contribution >= 4 is 5.91 Å². The first kappa shape index (κ1) is 75.6. The number of hydrogen-bond donors (Lipinski definition) is 4. The van der Waals surface area contributed by atoms with E-state index in [4.69, 9.17) is 0 Å². The highest BCUT2D eigenvalue weighted by atomic mass is 16.3. The Morgan fingerprint density at radius 1 is 0.312 bits per heavy atom. The Morgan fingerprint density at radius 3 is 0.792 bits per heavy atom. The van der Waals surface area contributed by atoms with E-state index in [1.165, 1.54) is 334 Å². The average molecular weight is 1080 g/mol. The van der Waals surface area contributed by atoms with Crippen LogP contribution in [0.5, 0.6) is 0 Å². The van der Waals surface area contributed by atoms with Crippen LogP contribution in [0.25, 0.3) is 0 Å². The zero-order valence-corrected chi connectivity index (χ0v) is 52.4. The maximum Gasteiger partial charge on any atom is 0.249 e. The van der Waals surface area contributed by atoms with Crippen molar-refractivity contribution in [3.8, 4) is 0 Å². The van der Waals surface area contributed by atoms with E-state index in [2.05, 4.69) is 43.5 Å². The molecule has 1 amide bonds. The maximum atomic E-state index is 12.6. The number of amides is 1. The van der Waals surface area contributed by atoms with Gasteiger partial charge in [0.25, 0.3) is 0 Å². The fraction of sp³-hybridized carbons (Fsp3) is 0.903. The Labute approximate surface area is 483 Å². The van der Waals surface area contributed by atoms with Gasteiger partial charge in [-0.25, -0.2) is 0 Å². The molecule has 0 aliphatic heterocycles. The average Bonchev–Trinajstić information content (AvgIpc) is 3.43. The van der Waals surface area contributed by atoms with Crippen molar-refractivity contribution in [1.29, 1.82) is 0 Å². The van der Waals surface area contributed by atoms with Crippen LogP contribution in [0.3, 0.4) is 0 Å². The van der Waals surface area contributed by atoms with Gasteiger partial charge in [0.2, 0.25) is 5.91 Å². The predicted octanol–water partition coefficient (Wildman–Crippen LogP) is 22.9. The molecule has 77 heavy (non-hydrogen) atoms. The number of unbranched alkanes of at least 4 members (excludes halogenated alkanes) is 54. The molecule has 5 nitrogen and oxygen atoms in total. The van der Waals surface area contributed by atoms with Gasteiger partial charge < -0.3 is 20.6 Å². The third kappa shape index (κ3) is 62.0. The normalized spacial score (nSPS) is 13.3. The van der Waals surface area contributed by atoms with Crippen LogP contribution in [0, 0.1) is 0 Å². The zero-order chi connectivity index (χ0) is 55.7. The van der Waals surface area contributed by atoms with Crippen molar-refractivity contribution in [2.45, 2.75) is 411 Å². The number of carbonyl (C=O) groups is 1. The highest BCUT2D eigenvalue weighted by Gasteiger charge is 2.22. The minimum absolute atomic E-state index is 0.374. The fourth-order valence-corrected chi connectivity index (χ4v) is 11.3. The van der Waals surface area contributed by atoms with Crippen molar-refractivity contribution in [1.82, 2.24) is 5.32 Å². The van der Waals surface area contributed by atoms with Crippen LogP contribution in [0.1, 0.15) is 393 Å². The first-order chi connectivity index (χ1) is 38.1. The lowest BCUT2D eigenvalue weighted by molar-refractivity contribution is -0.131. The standard InChI is InChI=1S/C72H139NO4/c1-3-5-7-9-11-13-15-17-19-21-23-25-27-29-30-31-32-33-34-35-36-37-38-39-40-41-43-45-47-49-51-53-55-57-59-61-63-65-67-71(76)72(77)73-69(68-74)70(75)66-64-62-60-58-56-54-52-50-48-46-44-42-28-26-24-22-20-18-16-14-12-10-8-6-4-2/h35-36,56,58,64,66,69-71,74-76H,3-34,37-55,57,59-63,65,67-68H2,1-2H3,(H,73,77)/b36-35-,58-56+,66-64+. The molecule has 5 heteroatoms. The van der Waals surface area contributed by atoms with Crippen LogP contribution < -0.4 is 5.32 Å². The number of aliphatic hydroxyl groups excluding tert-OH is 3. The Morgan fingerprint density at radius 2 is 0.532 bits per heavy atom. The Bertz CT molecular complexity index is 1200. The number of allylic oxidation sites excluding steroid dienone is 5. The second-order valence-corrected chi connectivity index (χ2v) is 24.4. The van der Waals surface area contributed by atoms with E-state index in [0.717, 1.165) is 38.5 Å². The van der Waals surface area contributed by atoms with E-state index in [-0.39, 0.29) is 6.61 Å². The van der Waals surface area contributed by atoms with Crippen LogP contribution in [0.15, 0.2) is 36.5 Å². The van der Waals surface area contributed by atoms with E-state index in [9.17, 15) is 20.1 Å². The Balaban J connectivity index is 3.50. The molecule has 0 bridgehead atoms. The van der Waals surface area contributed by atoms with Crippen molar-refractivity contribution in [3.63, 3.8) is 0 Å². The number of aliphatic hydroxyl groups is 3. The quantitative estimate of drug-likeness (QED) is 0.0361. The summed E-state index contributed by atoms with van der Waals surface area (Å²) in [6.45, 7) is 4.22. The summed E-state index contributed by atoms with van der Waals surface area (Å²) in [5.74, 6) is -0.506. The molecule has 0 aliphatic rings. The third-order valence-corrected chi connectivity index (χ3v) is 16.7. The van der Waals surface area contributed by atoms with Crippen molar-refractivity contribution in [3.05, 3.63) is 36.5 Å². The van der Waals surface area contributed by atoms with Crippen molar-refractivity contribution in [2.24, 2.45) is 0 Å². The molecule has 0 saturated carbocycles. The molecule has 0 heterocycles. The molecular weight excluding hydrogens is 943 g/mol. The van der Waals surface area contributed by atoms with Gasteiger partial charge in [0.05, 0.1) is 18.8 Å². The lowest BCUT2D eigenvalue weighted by Gasteiger charge is -2.21. The lowest BCUT2D eigenvalue weighted by atomic mass is 10.0. The van der Waals surface area contributed by atoms with Gasteiger partial charge in [0, 0.05) is 0 Å². The van der Waals surface area contributed by atoms with Gasteiger partial charge in [0.1, 0.15) is 6.10 Å². The zero-order valence-electron chi connectivity index (χ0n) is 52.4. The van der Waals surface area contributed by atoms with Gasteiger partial charge in [-0.3, -0.25) is 4.79 Å². The van der Waals surface area contributed by atoms with Crippen LogP contribution in [-0.2, 0) is 4.79 Å². The smallest absolute Gasteiger partial charge is 0.249 e. The van der Waals surface area contributed by atoms with E-state index in [1.807, 2.05) is 6.08 Å². The van der Waals surface area contributed by atoms with Gasteiger partial charge >= 0.3 is 0 Å². The summed E-state index contributed by atoms with van der Waals surface area (Å²) in [5, 5.41) is 33.5. The molecule has 3 atom stereocenters. The van der Waals surface area contributed by atoms with Crippen LogP contribution in [-0.4, -0.2) is 46.1 Å². The fourth-order valence-electron chi connectivity index (χ4n) is 11.3. The third-order valence-electron chi connectivity index (χ3n) is 16.7. The second kappa shape index (κ2) is 67.1. The Kier molecular flexibility index (Phi) is 65.8.